The summed E-state index contributed by atoms with van der Waals surface area (Å²) in [6.07, 6.45) is 6.78. The molecule has 1 aliphatic carbocycles. The number of carbonyl (C=O) groups excluding carboxylic acids is 1. The Balaban J connectivity index is 1.70. The van der Waals surface area contributed by atoms with Crippen molar-refractivity contribution >= 4 is 17.2 Å². The Kier molecular flexibility index (Phi) is 4.99. The second-order valence-corrected chi connectivity index (χ2v) is 6.66. The van der Waals surface area contributed by atoms with Gasteiger partial charge in [-0.2, -0.15) is 0 Å². The summed E-state index contributed by atoms with van der Waals surface area (Å²) in [5.74, 6) is 0.798. The van der Waals surface area contributed by atoms with Crippen LogP contribution in [0.15, 0.2) is 17.5 Å². The average Bonchev–Trinajstić information content (AvgIpc) is 3.06. The molecule has 0 saturated heterocycles. The maximum Gasteiger partial charge on any atom is 0.220 e. The molecule has 1 amide bonds. The number of carbonyl (C=O) groups is 1. The molecule has 3 nitrogen and oxygen atoms in total. The second kappa shape index (κ2) is 6.53. The Morgan fingerprint density at radius 3 is 2.89 bits per heavy atom. The normalized spacial score (nSPS) is 19.3. The molecule has 0 spiro atoms. The number of aliphatic hydroxyl groups is 1. The largest absolute Gasteiger partial charge is 0.383 e. The molecular weight excluding hydrogens is 258 g/mol. The number of hydrogen-bond acceptors (Lipinski definition) is 3. The van der Waals surface area contributed by atoms with E-state index in [0.717, 1.165) is 17.2 Å². The molecule has 0 radical (unpaired) electrons. The lowest BCUT2D eigenvalue weighted by molar-refractivity contribution is -0.122. The van der Waals surface area contributed by atoms with Crippen LogP contribution in [0.5, 0.6) is 0 Å². The van der Waals surface area contributed by atoms with Gasteiger partial charge in [-0.1, -0.05) is 31.7 Å². The van der Waals surface area contributed by atoms with E-state index in [1.807, 2.05) is 17.5 Å². The van der Waals surface area contributed by atoms with Gasteiger partial charge in [0.2, 0.25) is 5.91 Å². The van der Waals surface area contributed by atoms with Gasteiger partial charge < -0.3 is 10.4 Å². The van der Waals surface area contributed by atoms with Gasteiger partial charge in [0.15, 0.2) is 0 Å². The number of rotatable bonds is 6. The summed E-state index contributed by atoms with van der Waals surface area (Å²) in [7, 11) is 0. The smallest absolute Gasteiger partial charge is 0.220 e. The first-order chi connectivity index (χ1) is 9.08. The zero-order chi connectivity index (χ0) is 13.7. The van der Waals surface area contributed by atoms with Crippen LogP contribution >= 0.6 is 11.3 Å². The van der Waals surface area contributed by atoms with Crippen molar-refractivity contribution in [3.8, 4) is 0 Å². The van der Waals surface area contributed by atoms with Crippen LogP contribution in [0.25, 0.3) is 0 Å². The monoisotopic (exact) mass is 281 g/mol. The van der Waals surface area contributed by atoms with E-state index in [2.05, 4.69) is 5.32 Å². The van der Waals surface area contributed by atoms with E-state index < -0.39 is 5.60 Å². The van der Waals surface area contributed by atoms with Crippen LogP contribution in [-0.2, 0) is 10.4 Å². The molecule has 0 aromatic carbocycles. The van der Waals surface area contributed by atoms with E-state index in [0.29, 0.717) is 6.42 Å². The lowest BCUT2D eigenvalue weighted by Crippen LogP contribution is -2.38. The third-order valence-electron chi connectivity index (χ3n) is 3.94. The van der Waals surface area contributed by atoms with Crippen LogP contribution in [0.4, 0.5) is 0 Å². The van der Waals surface area contributed by atoms with Crippen LogP contribution in [-0.4, -0.2) is 17.6 Å². The summed E-state index contributed by atoms with van der Waals surface area (Å²) in [4.78, 5) is 12.7. The predicted octanol–water partition coefficient (Wildman–Crippen LogP) is 3.04. The molecule has 1 atom stereocenters. The molecular formula is C15H23NO2S. The number of amides is 1. The minimum atomic E-state index is -0.961. The Morgan fingerprint density at radius 1 is 1.53 bits per heavy atom. The molecule has 1 aromatic heterocycles. The van der Waals surface area contributed by atoms with Crippen molar-refractivity contribution < 1.29 is 9.90 Å². The zero-order valence-corrected chi connectivity index (χ0v) is 12.3. The van der Waals surface area contributed by atoms with Gasteiger partial charge in [-0.25, -0.2) is 0 Å². The molecule has 19 heavy (non-hydrogen) atoms. The van der Waals surface area contributed by atoms with E-state index in [9.17, 15) is 9.90 Å². The maximum absolute atomic E-state index is 11.8. The molecule has 2 rings (SSSR count). The number of thiophene rings is 1. The molecule has 0 aliphatic heterocycles. The molecule has 1 aromatic rings. The van der Waals surface area contributed by atoms with E-state index in [-0.39, 0.29) is 12.5 Å². The molecule has 4 heteroatoms. The molecule has 1 saturated carbocycles. The fourth-order valence-electron chi connectivity index (χ4n) is 2.67. The van der Waals surface area contributed by atoms with Crippen molar-refractivity contribution in [2.24, 2.45) is 5.92 Å². The van der Waals surface area contributed by atoms with Crippen LogP contribution in [0.1, 0.15) is 50.3 Å². The lowest BCUT2D eigenvalue weighted by atomic mass is 10.0. The Labute approximate surface area is 119 Å². The van der Waals surface area contributed by atoms with Crippen molar-refractivity contribution in [2.45, 2.75) is 51.0 Å². The van der Waals surface area contributed by atoms with Gasteiger partial charge in [0, 0.05) is 11.3 Å². The standard InChI is InChI=1S/C15H23NO2S/c1-15(18,13-7-4-10-19-13)11-16-14(17)9-8-12-5-2-3-6-12/h4,7,10,12,18H,2-3,5-6,8-9,11H2,1H3,(H,16,17). The Morgan fingerprint density at radius 2 is 2.26 bits per heavy atom. The summed E-state index contributed by atoms with van der Waals surface area (Å²) in [6.45, 7) is 2.03. The first kappa shape index (κ1) is 14.5. The lowest BCUT2D eigenvalue weighted by Gasteiger charge is -2.22. The molecule has 1 unspecified atom stereocenters. The van der Waals surface area contributed by atoms with Gasteiger partial charge in [0.05, 0.1) is 6.54 Å². The van der Waals surface area contributed by atoms with Crippen molar-refractivity contribution in [1.29, 1.82) is 0 Å². The van der Waals surface area contributed by atoms with Crippen molar-refractivity contribution in [2.75, 3.05) is 6.54 Å². The van der Waals surface area contributed by atoms with Gasteiger partial charge >= 0.3 is 0 Å². The molecule has 106 valence electrons. The SMILES string of the molecule is CC(O)(CNC(=O)CCC1CCCC1)c1cccs1. The quantitative estimate of drug-likeness (QED) is 0.842. The molecule has 1 aliphatic rings. The predicted molar refractivity (Wildman–Crippen MR) is 78.1 cm³/mol. The summed E-state index contributed by atoms with van der Waals surface area (Å²) in [6, 6.07) is 3.81. The van der Waals surface area contributed by atoms with Crippen molar-refractivity contribution in [1.82, 2.24) is 5.32 Å². The first-order valence-corrected chi connectivity index (χ1v) is 7.99. The van der Waals surface area contributed by atoms with Gasteiger partial charge in [-0.05, 0) is 30.7 Å². The maximum atomic E-state index is 11.8. The molecule has 2 N–H and O–H groups in total. The van der Waals surface area contributed by atoms with Crippen LogP contribution < -0.4 is 5.32 Å². The minimum absolute atomic E-state index is 0.0590. The van der Waals surface area contributed by atoms with Gasteiger partial charge in [-0.3, -0.25) is 4.79 Å². The van der Waals surface area contributed by atoms with Gasteiger partial charge in [0.1, 0.15) is 5.60 Å². The van der Waals surface area contributed by atoms with E-state index in [1.165, 1.54) is 37.0 Å². The minimum Gasteiger partial charge on any atom is -0.383 e. The highest BCUT2D eigenvalue weighted by Gasteiger charge is 2.25. The van der Waals surface area contributed by atoms with Gasteiger partial charge in [-0.15, -0.1) is 11.3 Å². The highest BCUT2D eigenvalue weighted by atomic mass is 32.1. The summed E-state index contributed by atoms with van der Waals surface area (Å²) in [5, 5.41) is 15.1. The Bertz CT molecular complexity index is 394. The van der Waals surface area contributed by atoms with Crippen LogP contribution in [0.2, 0.25) is 0 Å². The number of hydrogen-bond donors (Lipinski definition) is 2. The highest BCUT2D eigenvalue weighted by molar-refractivity contribution is 7.10. The molecule has 1 fully saturated rings. The highest BCUT2D eigenvalue weighted by Crippen LogP contribution is 2.28. The first-order valence-electron chi connectivity index (χ1n) is 7.11. The fourth-order valence-corrected chi connectivity index (χ4v) is 3.45. The van der Waals surface area contributed by atoms with E-state index in [4.69, 9.17) is 0 Å². The number of nitrogens with one attached hydrogen (secondary N) is 1. The van der Waals surface area contributed by atoms with Crippen molar-refractivity contribution in [3.05, 3.63) is 22.4 Å². The topological polar surface area (TPSA) is 49.3 Å². The van der Waals surface area contributed by atoms with Gasteiger partial charge in [0.25, 0.3) is 0 Å². The summed E-state index contributed by atoms with van der Waals surface area (Å²) in [5.41, 5.74) is -0.961. The second-order valence-electron chi connectivity index (χ2n) is 5.72. The molecule has 1 heterocycles. The fraction of sp³-hybridized carbons (Fsp3) is 0.667. The van der Waals surface area contributed by atoms with E-state index >= 15 is 0 Å². The summed E-state index contributed by atoms with van der Waals surface area (Å²) < 4.78 is 0. The Hall–Kier alpha value is -0.870. The third kappa shape index (κ3) is 4.32. The van der Waals surface area contributed by atoms with E-state index in [1.54, 1.807) is 6.92 Å². The molecule has 0 bridgehead atoms. The van der Waals surface area contributed by atoms with Crippen LogP contribution in [0, 0.1) is 5.92 Å². The van der Waals surface area contributed by atoms with Crippen molar-refractivity contribution in [3.63, 3.8) is 0 Å². The summed E-state index contributed by atoms with van der Waals surface area (Å²) >= 11 is 1.51. The van der Waals surface area contributed by atoms with Crippen LogP contribution in [0.3, 0.4) is 0 Å². The zero-order valence-electron chi connectivity index (χ0n) is 11.5. The third-order valence-corrected chi connectivity index (χ3v) is 5.06. The average molecular weight is 281 g/mol.